The maximum atomic E-state index is 11.4. The van der Waals surface area contributed by atoms with E-state index in [4.69, 9.17) is 9.84 Å². The number of aliphatic hydroxyl groups excluding tert-OH is 1. The van der Waals surface area contributed by atoms with Crippen molar-refractivity contribution in [2.45, 2.75) is 45.6 Å². The van der Waals surface area contributed by atoms with E-state index in [2.05, 4.69) is 5.32 Å². The van der Waals surface area contributed by atoms with E-state index in [-0.39, 0.29) is 18.1 Å². The van der Waals surface area contributed by atoms with Crippen LogP contribution in [0.1, 0.15) is 40.0 Å². The fraction of sp³-hybridized carbons (Fsp3) is 0.909. The summed E-state index contributed by atoms with van der Waals surface area (Å²) in [7, 11) is 0. The van der Waals surface area contributed by atoms with E-state index in [1.54, 1.807) is 0 Å². The van der Waals surface area contributed by atoms with Crippen LogP contribution in [0.2, 0.25) is 0 Å². The van der Waals surface area contributed by atoms with E-state index in [1.165, 1.54) is 0 Å². The molecular weight excluding hydrogens is 194 g/mol. The molecule has 0 aromatic rings. The fourth-order valence-electron chi connectivity index (χ4n) is 1.26. The largest absolute Gasteiger partial charge is 0.396 e. The zero-order valence-electron chi connectivity index (χ0n) is 10.0. The second-order valence-corrected chi connectivity index (χ2v) is 4.21. The lowest BCUT2D eigenvalue weighted by Gasteiger charge is -2.25. The highest BCUT2D eigenvalue weighted by Gasteiger charge is 2.18. The van der Waals surface area contributed by atoms with E-state index < -0.39 is 0 Å². The van der Waals surface area contributed by atoms with Crippen LogP contribution < -0.4 is 5.32 Å². The molecule has 0 bridgehead atoms. The van der Waals surface area contributed by atoms with E-state index in [1.807, 2.05) is 20.8 Å². The van der Waals surface area contributed by atoms with Gasteiger partial charge in [-0.15, -0.1) is 0 Å². The SMILES string of the molecule is CCOCCCC(=O)NC(C)(C)CCO. The topological polar surface area (TPSA) is 58.6 Å². The van der Waals surface area contributed by atoms with E-state index in [0.29, 0.717) is 26.1 Å². The molecule has 90 valence electrons. The molecule has 0 aliphatic rings. The third-order valence-electron chi connectivity index (χ3n) is 2.11. The predicted octanol–water partition coefficient (Wildman–Crippen LogP) is 1.08. The molecule has 0 radical (unpaired) electrons. The van der Waals surface area contributed by atoms with Crippen LogP contribution in [0.25, 0.3) is 0 Å². The molecule has 0 saturated carbocycles. The summed E-state index contributed by atoms with van der Waals surface area (Å²) in [4.78, 5) is 11.4. The Bertz CT molecular complexity index is 181. The maximum Gasteiger partial charge on any atom is 0.220 e. The average molecular weight is 217 g/mol. The van der Waals surface area contributed by atoms with Crippen molar-refractivity contribution >= 4 is 5.91 Å². The second kappa shape index (κ2) is 7.65. The first-order chi connectivity index (χ1) is 7.02. The van der Waals surface area contributed by atoms with Crippen LogP contribution in [0.3, 0.4) is 0 Å². The van der Waals surface area contributed by atoms with Gasteiger partial charge in [-0.05, 0) is 33.6 Å². The lowest BCUT2D eigenvalue weighted by Crippen LogP contribution is -2.44. The molecule has 15 heavy (non-hydrogen) atoms. The summed E-state index contributed by atoms with van der Waals surface area (Å²) in [6.45, 7) is 7.16. The molecule has 0 aromatic heterocycles. The van der Waals surface area contributed by atoms with E-state index in [9.17, 15) is 4.79 Å². The van der Waals surface area contributed by atoms with Crippen molar-refractivity contribution in [3.05, 3.63) is 0 Å². The number of amides is 1. The highest BCUT2D eigenvalue weighted by atomic mass is 16.5. The number of carbonyl (C=O) groups is 1. The molecule has 1 amide bonds. The lowest BCUT2D eigenvalue weighted by molar-refractivity contribution is -0.123. The minimum absolute atomic E-state index is 0.0214. The number of carbonyl (C=O) groups excluding carboxylic acids is 1. The normalized spacial score (nSPS) is 11.5. The van der Waals surface area contributed by atoms with Gasteiger partial charge in [0.1, 0.15) is 0 Å². The highest BCUT2D eigenvalue weighted by molar-refractivity contribution is 5.76. The molecule has 0 atom stereocenters. The van der Waals surface area contributed by atoms with Gasteiger partial charge in [-0.2, -0.15) is 0 Å². The number of ether oxygens (including phenoxy) is 1. The summed E-state index contributed by atoms with van der Waals surface area (Å²) in [6, 6.07) is 0. The summed E-state index contributed by atoms with van der Waals surface area (Å²) < 4.78 is 5.14. The van der Waals surface area contributed by atoms with Crippen molar-refractivity contribution in [2.24, 2.45) is 0 Å². The first-order valence-corrected chi connectivity index (χ1v) is 5.51. The number of rotatable bonds is 8. The Morgan fingerprint density at radius 2 is 2.13 bits per heavy atom. The Hall–Kier alpha value is -0.610. The molecule has 0 fully saturated rings. The Labute approximate surface area is 92.0 Å². The number of hydrogen-bond acceptors (Lipinski definition) is 3. The molecular formula is C11H23NO3. The first-order valence-electron chi connectivity index (χ1n) is 5.51. The van der Waals surface area contributed by atoms with Crippen molar-refractivity contribution in [3.63, 3.8) is 0 Å². The van der Waals surface area contributed by atoms with Crippen LogP contribution in [0.5, 0.6) is 0 Å². The summed E-state index contributed by atoms with van der Waals surface area (Å²) in [5.41, 5.74) is -0.322. The quantitative estimate of drug-likeness (QED) is 0.598. The van der Waals surface area contributed by atoms with Crippen molar-refractivity contribution < 1.29 is 14.6 Å². The zero-order chi connectivity index (χ0) is 11.7. The van der Waals surface area contributed by atoms with Gasteiger partial charge in [0.25, 0.3) is 0 Å². The molecule has 2 N–H and O–H groups in total. The van der Waals surface area contributed by atoms with Gasteiger partial charge in [0.05, 0.1) is 0 Å². The van der Waals surface area contributed by atoms with Crippen molar-refractivity contribution in [1.29, 1.82) is 0 Å². The van der Waals surface area contributed by atoms with Crippen molar-refractivity contribution in [2.75, 3.05) is 19.8 Å². The van der Waals surface area contributed by atoms with Crippen LogP contribution in [0.4, 0.5) is 0 Å². The minimum atomic E-state index is -0.322. The lowest BCUT2D eigenvalue weighted by atomic mass is 10.0. The Balaban J connectivity index is 3.63. The van der Waals surface area contributed by atoms with Crippen LogP contribution in [-0.2, 0) is 9.53 Å². The molecule has 0 rings (SSSR count). The van der Waals surface area contributed by atoms with Gasteiger partial charge in [-0.3, -0.25) is 4.79 Å². The second-order valence-electron chi connectivity index (χ2n) is 4.21. The van der Waals surface area contributed by atoms with Crippen LogP contribution in [0.15, 0.2) is 0 Å². The minimum Gasteiger partial charge on any atom is -0.396 e. The summed E-state index contributed by atoms with van der Waals surface area (Å²) in [5.74, 6) is 0.0214. The average Bonchev–Trinajstić information content (AvgIpc) is 2.11. The number of hydrogen-bond donors (Lipinski definition) is 2. The van der Waals surface area contributed by atoms with Crippen LogP contribution in [-0.4, -0.2) is 36.4 Å². The molecule has 4 heteroatoms. The molecule has 0 aliphatic carbocycles. The molecule has 0 aromatic carbocycles. The van der Waals surface area contributed by atoms with Gasteiger partial charge in [-0.25, -0.2) is 0 Å². The van der Waals surface area contributed by atoms with Crippen LogP contribution >= 0.6 is 0 Å². The number of nitrogens with one attached hydrogen (secondary N) is 1. The van der Waals surface area contributed by atoms with Gasteiger partial charge in [-0.1, -0.05) is 0 Å². The van der Waals surface area contributed by atoms with Crippen molar-refractivity contribution in [3.8, 4) is 0 Å². The first kappa shape index (κ1) is 14.4. The Morgan fingerprint density at radius 1 is 1.47 bits per heavy atom. The fourth-order valence-corrected chi connectivity index (χ4v) is 1.26. The van der Waals surface area contributed by atoms with Gasteiger partial charge in [0, 0.05) is 31.8 Å². The van der Waals surface area contributed by atoms with Gasteiger partial charge in [0.2, 0.25) is 5.91 Å². The molecule has 0 heterocycles. The van der Waals surface area contributed by atoms with Crippen LogP contribution in [0, 0.1) is 0 Å². The molecule has 0 aliphatic heterocycles. The molecule has 4 nitrogen and oxygen atoms in total. The summed E-state index contributed by atoms with van der Waals surface area (Å²) in [5, 5.41) is 11.7. The Kier molecular flexibility index (Phi) is 7.34. The number of aliphatic hydroxyl groups is 1. The smallest absolute Gasteiger partial charge is 0.220 e. The van der Waals surface area contributed by atoms with E-state index >= 15 is 0 Å². The van der Waals surface area contributed by atoms with Gasteiger partial charge in [0.15, 0.2) is 0 Å². The third kappa shape index (κ3) is 8.39. The van der Waals surface area contributed by atoms with Gasteiger partial charge < -0.3 is 15.2 Å². The third-order valence-corrected chi connectivity index (χ3v) is 2.11. The highest BCUT2D eigenvalue weighted by Crippen LogP contribution is 2.07. The molecule has 0 saturated heterocycles. The Morgan fingerprint density at radius 3 is 2.67 bits per heavy atom. The van der Waals surface area contributed by atoms with Crippen molar-refractivity contribution in [1.82, 2.24) is 5.32 Å². The predicted molar refractivity (Wildman–Crippen MR) is 59.7 cm³/mol. The summed E-state index contributed by atoms with van der Waals surface area (Å²) >= 11 is 0. The van der Waals surface area contributed by atoms with Gasteiger partial charge >= 0.3 is 0 Å². The molecule has 0 unspecified atom stereocenters. The maximum absolute atomic E-state index is 11.4. The molecule has 0 spiro atoms. The summed E-state index contributed by atoms with van der Waals surface area (Å²) in [6.07, 6.45) is 1.80. The standard InChI is InChI=1S/C11H23NO3/c1-4-15-9-5-6-10(14)12-11(2,3)7-8-13/h13H,4-9H2,1-3H3,(H,12,14). The van der Waals surface area contributed by atoms with E-state index in [0.717, 1.165) is 6.42 Å². The monoisotopic (exact) mass is 217 g/mol. The zero-order valence-corrected chi connectivity index (χ0v) is 10.0.